The van der Waals surface area contributed by atoms with Gasteiger partial charge >= 0.3 is 0 Å². The van der Waals surface area contributed by atoms with Gasteiger partial charge in [0.05, 0.1) is 11.1 Å². The summed E-state index contributed by atoms with van der Waals surface area (Å²) in [7, 11) is 1.85. The van der Waals surface area contributed by atoms with Crippen LogP contribution >= 0.6 is 0 Å². The van der Waals surface area contributed by atoms with Crippen LogP contribution in [0.2, 0.25) is 0 Å². The van der Waals surface area contributed by atoms with Crippen molar-refractivity contribution in [2.45, 2.75) is 0 Å². The first kappa shape index (κ1) is 11.1. The molecule has 0 N–H and O–H groups in total. The molecule has 5 heteroatoms. The van der Waals surface area contributed by atoms with Crippen LogP contribution in [0.4, 0.5) is 5.69 Å². The van der Waals surface area contributed by atoms with Crippen LogP contribution in [0.3, 0.4) is 0 Å². The molecular formula is C12H11N3O2. The lowest BCUT2D eigenvalue weighted by molar-refractivity contribution is -0.384. The highest BCUT2D eigenvalue weighted by molar-refractivity contribution is 5.69. The Balaban J connectivity index is 2.13. The van der Waals surface area contributed by atoms with Crippen LogP contribution in [0, 0.1) is 10.1 Å². The van der Waals surface area contributed by atoms with Gasteiger partial charge in [-0.1, -0.05) is 12.2 Å². The van der Waals surface area contributed by atoms with Crippen molar-refractivity contribution in [3.05, 3.63) is 57.9 Å². The summed E-state index contributed by atoms with van der Waals surface area (Å²) in [5, 5.41) is 14.5. The Morgan fingerprint density at radius 3 is 2.41 bits per heavy atom. The van der Waals surface area contributed by atoms with Crippen molar-refractivity contribution in [2.24, 2.45) is 7.05 Å². The van der Waals surface area contributed by atoms with Gasteiger partial charge in [0.2, 0.25) is 0 Å². The van der Waals surface area contributed by atoms with E-state index >= 15 is 0 Å². The summed E-state index contributed by atoms with van der Waals surface area (Å²) in [6.45, 7) is 0. The summed E-state index contributed by atoms with van der Waals surface area (Å²) in [6.07, 6.45) is 7.44. The van der Waals surface area contributed by atoms with Crippen LogP contribution in [0.5, 0.6) is 0 Å². The molecule has 1 aromatic carbocycles. The summed E-state index contributed by atoms with van der Waals surface area (Å²) < 4.78 is 1.72. The average molecular weight is 229 g/mol. The van der Waals surface area contributed by atoms with E-state index in [0.29, 0.717) is 0 Å². The second-order valence-corrected chi connectivity index (χ2v) is 3.63. The summed E-state index contributed by atoms with van der Waals surface area (Å²) >= 11 is 0. The first-order valence-electron chi connectivity index (χ1n) is 5.06. The van der Waals surface area contributed by atoms with E-state index in [9.17, 15) is 10.1 Å². The maximum absolute atomic E-state index is 10.5. The van der Waals surface area contributed by atoms with Gasteiger partial charge in [-0.3, -0.25) is 14.8 Å². The molecule has 1 heterocycles. The van der Waals surface area contributed by atoms with Crippen LogP contribution in [0.1, 0.15) is 11.1 Å². The van der Waals surface area contributed by atoms with Crippen molar-refractivity contribution >= 4 is 17.8 Å². The van der Waals surface area contributed by atoms with E-state index in [1.165, 1.54) is 12.1 Å². The van der Waals surface area contributed by atoms with E-state index < -0.39 is 4.92 Å². The largest absolute Gasteiger partial charge is 0.275 e. The summed E-state index contributed by atoms with van der Waals surface area (Å²) in [5.74, 6) is 0. The molecule has 0 unspecified atom stereocenters. The first-order chi connectivity index (χ1) is 8.15. The Bertz CT molecular complexity index is 555. The Hall–Kier alpha value is -2.43. The van der Waals surface area contributed by atoms with Gasteiger partial charge < -0.3 is 0 Å². The van der Waals surface area contributed by atoms with Crippen LogP contribution in [-0.2, 0) is 7.05 Å². The molecule has 1 aromatic heterocycles. The standard InChI is InChI=1S/C12H11N3O2/c1-14-9-11(8-13-14)3-2-10-4-6-12(7-5-10)15(16)17/h2-9H,1H3/b3-2+. The van der Waals surface area contributed by atoms with Crippen LogP contribution < -0.4 is 0 Å². The van der Waals surface area contributed by atoms with E-state index in [1.54, 1.807) is 23.0 Å². The molecule has 0 spiro atoms. The minimum Gasteiger partial charge on any atom is -0.275 e. The molecule has 0 fully saturated rings. The molecule has 0 aliphatic rings. The Labute approximate surface area is 98.2 Å². The normalized spacial score (nSPS) is 10.9. The maximum atomic E-state index is 10.5. The number of nitrogens with zero attached hydrogens (tertiary/aromatic N) is 3. The molecule has 2 rings (SSSR count). The number of aryl methyl sites for hydroxylation is 1. The summed E-state index contributed by atoms with van der Waals surface area (Å²) in [4.78, 5) is 10.1. The summed E-state index contributed by atoms with van der Waals surface area (Å²) in [6, 6.07) is 6.40. The number of benzene rings is 1. The minimum absolute atomic E-state index is 0.100. The van der Waals surface area contributed by atoms with Crippen molar-refractivity contribution in [3.8, 4) is 0 Å². The molecule has 0 amide bonds. The lowest BCUT2D eigenvalue weighted by Crippen LogP contribution is -1.86. The molecule has 0 saturated carbocycles. The smallest absolute Gasteiger partial charge is 0.269 e. The second-order valence-electron chi connectivity index (χ2n) is 3.63. The fourth-order valence-electron chi connectivity index (χ4n) is 1.43. The summed E-state index contributed by atoms with van der Waals surface area (Å²) in [5.41, 5.74) is 2.01. The fourth-order valence-corrected chi connectivity index (χ4v) is 1.43. The molecule has 0 radical (unpaired) electrons. The van der Waals surface area contributed by atoms with Crippen molar-refractivity contribution < 1.29 is 4.92 Å². The van der Waals surface area contributed by atoms with Crippen molar-refractivity contribution in [2.75, 3.05) is 0 Å². The predicted molar refractivity (Wildman–Crippen MR) is 65.2 cm³/mol. The Morgan fingerprint density at radius 2 is 1.88 bits per heavy atom. The minimum atomic E-state index is -0.408. The second kappa shape index (κ2) is 4.61. The van der Waals surface area contributed by atoms with E-state index in [0.717, 1.165) is 11.1 Å². The zero-order chi connectivity index (χ0) is 12.3. The molecular weight excluding hydrogens is 218 g/mol. The molecule has 0 saturated heterocycles. The molecule has 0 atom stereocenters. The number of hydrogen-bond acceptors (Lipinski definition) is 3. The van der Waals surface area contributed by atoms with Gasteiger partial charge in [0.25, 0.3) is 5.69 Å². The highest BCUT2D eigenvalue weighted by Crippen LogP contribution is 2.14. The third-order valence-corrected chi connectivity index (χ3v) is 2.30. The van der Waals surface area contributed by atoms with Crippen LogP contribution in [0.15, 0.2) is 36.7 Å². The first-order valence-corrected chi connectivity index (χ1v) is 5.06. The highest BCUT2D eigenvalue weighted by atomic mass is 16.6. The van der Waals surface area contributed by atoms with Crippen molar-refractivity contribution in [3.63, 3.8) is 0 Å². The number of aromatic nitrogens is 2. The quantitative estimate of drug-likeness (QED) is 0.600. The Kier molecular flexibility index (Phi) is 3.00. The lowest BCUT2D eigenvalue weighted by atomic mass is 10.2. The van der Waals surface area contributed by atoms with Gasteiger partial charge in [-0.05, 0) is 17.7 Å². The number of nitro benzene ring substituents is 1. The van der Waals surface area contributed by atoms with Crippen molar-refractivity contribution in [1.82, 2.24) is 9.78 Å². The average Bonchev–Trinajstić information content (AvgIpc) is 2.73. The maximum Gasteiger partial charge on any atom is 0.269 e. The highest BCUT2D eigenvalue weighted by Gasteiger charge is 2.02. The molecule has 17 heavy (non-hydrogen) atoms. The van der Waals surface area contributed by atoms with Crippen LogP contribution in [0.25, 0.3) is 12.2 Å². The van der Waals surface area contributed by atoms with E-state index in [4.69, 9.17) is 0 Å². The van der Waals surface area contributed by atoms with Gasteiger partial charge in [-0.25, -0.2) is 0 Å². The topological polar surface area (TPSA) is 61.0 Å². The molecule has 86 valence electrons. The van der Waals surface area contributed by atoms with Gasteiger partial charge in [0.15, 0.2) is 0 Å². The van der Waals surface area contributed by atoms with Gasteiger partial charge in [-0.15, -0.1) is 0 Å². The van der Waals surface area contributed by atoms with E-state index in [1.807, 2.05) is 25.4 Å². The van der Waals surface area contributed by atoms with Gasteiger partial charge in [0, 0.05) is 30.9 Å². The van der Waals surface area contributed by atoms with Crippen LogP contribution in [-0.4, -0.2) is 14.7 Å². The SMILES string of the molecule is Cn1cc(/C=C/c2ccc([N+](=O)[O-])cc2)cn1. The molecule has 2 aromatic rings. The number of hydrogen-bond donors (Lipinski definition) is 0. The lowest BCUT2D eigenvalue weighted by Gasteiger charge is -1.93. The molecule has 0 aliphatic carbocycles. The number of non-ortho nitro benzene ring substituents is 1. The molecule has 5 nitrogen and oxygen atoms in total. The zero-order valence-corrected chi connectivity index (χ0v) is 9.28. The Morgan fingerprint density at radius 1 is 1.24 bits per heavy atom. The van der Waals surface area contributed by atoms with Gasteiger partial charge in [-0.2, -0.15) is 5.10 Å². The third-order valence-electron chi connectivity index (χ3n) is 2.30. The van der Waals surface area contributed by atoms with E-state index in [2.05, 4.69) is 5.10 Å². The fraction of sp³-hybridized carbons (Fsp3) is 0.0833. The molecule has 0 aliphatic heterocycles. The number of nitro groups is 1. The predicted octanol–water partition coefficient (Wildman–Crippen LogP) is 2.50. The molecule has 0 bridgehead atoms. The van der Waals surface area contributed by atoms with E-state index in [-0.39, 0.29) is 5.69 Å². The zero-order valence-electron chi connectivity index (χ0n) is 9.28. The van der Waals surface area contributed by atoms with Crippen molar-refractivity contribution in [1.29, 1.82) is 0 Å². The van der Waals surface area contributed by atoms with Gasteiger partial charge in [0.1, 0.15) is 0 Å². The third kappa shape index (κ3) is 2.78. The number of rotatable bonds is 3. The monoisotopic (exact) mass is 229 g/mol.